The molecule has 182 valence electrons. The van der Waals surface area contributed by atoms with Crippen LogP contribution in [0.1, 0.15) is 47.7 Å². The summed E-state index contributed by atoms with van der Waals surface area (Å²) in [5.41, 5.74) is 1.07. The van der Waals surface area contributed by atoms with Crippen molar-refractivity contribution in [1.29, 1.82) is 0 Å². The van der Waals surface area contributed by atoms with Crippen LogP contribution < -0.4 is 10.6 Å². The minimum absolute atomic E-state index is 0.0423. The molecular weight excluding hydrogens is 461 g/mol. The molecule has 0 atom stereocenters. The number of esters is 1. The van der Waals surface area contributed by atoms with Crippen molar-refractivity contribution in [2.24, 2.45) is 0 Å². The van der Waals surface area contributed by atoms with Crippen molar-refractivity contribution in [3.63, 3.8) is 0 Å². The number of carbonyl (C=O) groups excluding carboxylic acids is 3. The zero-order chi connectivity index (χ0) is 25.0. The Hall–Kier alpha value is -2.97. The molecule has 0 saturated carbocycles. The number of carbonyl (C=O) groups is 3. The van der Waals surface area contributed by atoms with Crippen molar-refractivity contribution < 1.29 is 23.5 Å². The Balaban J connectivity index is 1.98. The summed E-state index contributed by atoms with van der Waals surface area (Å²) in [7, 11) is 2.78. The van der Waals surface area contributed by atoms with Gasteiger partial charge in [0, 0.05) is 26.7 Å². The van der Waals surface area contributed by atoms with Gasteiger partial charge in [0.15, 0.2) is 0 Å². The topological polar surface area (TPSA) is 87.7 Å². The Morgan fingerprint density at radius 3 is 2.50 bits per heavy atom. The van der Waals surface area contributed by atoms with Gasteiger partial charge >= 0.3 is 5.97 Å². The molecule has 2 aromatic carbocycles. The van der Waals surface area contributed by atoms with E-state index in [1.54, 1.807) is 0 Å². The molecule has 2 aromatic rings. The lowest BCUT2D eigenvalue weighted by Gasteiger charge is -2.50. The van der Waals surface area contributed by atoms with Gasteiger partial charge in [0.25, 0.3) is 5.91 Å². The van der Waals surface area contributed by atoms with E-state index in [0.29, 0.717) is 19.6 Å². The normalized spacial score (nSPS) is 14.9. The lowest BCUT2D eigenvalue weighted by Crippen LogP contribution is -2.65. The number of nitrogens with zero attached hydrogens (tertiary/aromatic N) is 1. The van der Waals surface area contributed by atoms with Gasteiger partial charge in [0.1, 0.15) is 5.82 Å². The molecule has 0 bridgehead atoms. The van der Waals surface area contributed by atoms with E-state index in [0.717, 1.165) is 17.2 Å². The molecule has 2 N–H and O–H groups in total. The molecule has 1 fully saturated rings. The summed E-state index contributed by atoms with van der Waals surface area (Å²) in [4.78, 5) is 39.7. The summed E-state index contributed by atoms with van der Waals surface area (Å²) >= 11 is 5.88. The molecule has 0 radical (unpaired) electrons. The van der Waals surface area contributed by atoms with Gasteiger partial charge in [-0.25, -0.2) is 4.39 Å². The molecule has 1 aliphatic rings. The third kappa shape index (κ3) is 5.08. The molecule has 0 spiro atoms. The minimum atomic E-state index is -0.937. The lowest BCUT2D eigenvalue weighted by atomic mass is 9.69. The molecule has 1 aliphatic heterocycles. The Morgan fingerprint density at radius 1 is 1.21 bits per heavy atom. The monoisotopic (exact) mass is 489 g/mol. The van der Waals surface area contributed by atoms with Crippen LogP contribution in [0.4, 0.5) is 10.1 Å². The number of likely N-dealkylation sites (tertiary alicyclic amines) is 1. The highest BCUT2D eigenvalue weighted by atomic mass is 35.5. The summed E-state index contributed by atoms with van der Waals surface area (Å²) in [6.07, 6.45) is 0.212. The predicted molar refractivity (Wildman–Crippen MR) is 129 cm³/mol. The fraction of sp³-hybridized carbons (Fsp3) is 0.400. The first-order valence-corrected chi connectivity index (χ1v) is 11.4. The van der Waals surface area contributed by atoms with Crippen LogP contribution in [0.3, 0.4) is 0 Å². The molecule has 1 heterocycles. The number of hydrogen-bond donors (Lipinski definition) is 2. The van der Waals surface area contributed by atoms with E-state index in [2.05, 4.69) is 24.5 Å². The van der Waals surface area contributed by atoms with Gasteiger partial charge in [0.2, 0.25) is 5.91 Å². The first kappa shape index (κ1) is 25.6. The summed E-state index contributed by atoms with van der Waals surface area (Å²) in [6, 6.07) is 9.98. The number of hydrogen-bond acceptors (Lipinski definition) is 5. The van der Waals surface area contributed by atoms with Crippen LogP contribution in [0.5, 0.6) is 0 Å². The number of halogens is 2. The second-order valence-corrected chi connectivity index (χ2v) is 9.11. The number of anilines is 1. The molecule has 1 saturated heterocycles. The zero-order valence-corrected chi connectivity index (χ0v) is 20.5. The van der Waals surface area contributed by atoms with Gasteiger partial charge in [0.05, 0.1) is 35.2 Å². The van der Waals surface area contributed by atoms with Gasteiger partial charge in [-0.15, -0.1) is 0 Å². The van der Waals surface area contributed by atoms with Gasteiger partial charge < -0.3 is 15.4 Å². The largest absolute Gasteiger partial charge is 0.469 e. The molecule has 0 aliphatic carbocycles. The summed E-state index contributed by atoms with van der Waals surface area (Å²) in [5.74, 6) is -1.76. The molecule has 9 heteroatoms. The maximum atomic E-state index is 14.3. The van der Waals surface area contributed by atoms with Gasteiger partial charge in [-0.2, -0.15) is 0 Å². The van der Waals surface area contributed by atoms with Crippen molar-refractivity contribution in [2.75, 3.05) is 39.1 Å². The van der Waals surface area contributed by atoms with Gasteiger partial charge in [-0.3, -0.25) is 19.3 Å². The number of methoxy groups -OCH3 is 1. The summed E-state index contributed by atoms with van der Waals surface area (Å²) < 4.78 is 19.0. The van der Waals surface area contributed by atoms with E-state index >= 15 is 0 Å². The van der Waals surface area contributed by atoms with Crippen LogP contribution in [-0.4, -0.2) is 56.5 Å². The van der Waals surface area contributed by atoms with Gasteiger partial charge in [-0.05, 0) is 29.2 Å². The van der Waals surface area contributed by atoms with Crippen molar-refractivity contribution in [2.45, 2.75) is 31.6 Å². The summed E-state index contributed by atoms with van der Waals surface area (Å²) in [5, 5.41) is 5.05. The van der Waals surface area contributed by atoms with E-state index in [9.17, 15) is 18.8 Å². The number of nitrogens with one attached hydrogen (secondary N) is 2. The lowest BCUT2D eigenvalue weighted by molar-refractivity contribution is -0.141. The Kier molecular flexibility index (Phi) is 7.94. The Morgan fingerprint density at radius 2 is 1.88 bits per heavy atom. The van der Waals surface area contributed by atoms with Crippen LogP contribution in [0.15, 0.2) is 36.4 Å². The molecule has 2 amide bonds. The first-order valence-electron chi connectivity index (χ1n) is 11.0. The standard InChI is InChI=1S/C25H29ClFN3O4/c1-15(2)16-7-5-6-8-18(16)25(13-30(14-25)10-9-22(31)34-4)24(33)29-21-12-20(27)19(26)11-17(21)23(32)28-3/h5-8,11-12,15H,9-10,13-14H2,1-4H3,(H,28,32)(H,29,33). The van der Waals surface area contributed by atoms with Crippen LogP contribution in [-0.2, 0) is 19.7 Å². The van der Waals surface area contributed by atoms with Crippen molar-refractivity contribution in [1.82, 2.24) is 10.2 Å². The number of amides is 2. The Bertz CT molecular complexity index is 1100. The second kappa shape index (κ2) is 10.5. The van der Waals surface area contributed by atoms with E-state index in [-0.39, 0.29) is 40.5 Å². The molecule has 34 heavy (non-hydrogen) atoms. The maximum Gasteiger partial charge on any atom is 0.306 e. The molecular formula is C25H29ClFN3O4. The third-order valence-corrected chi connectivity index (χ3v) is 6.45. The smallest absolute Gasteiger partial charge is 0.306 e. The highest BCUT2D eigenvalue weighted by Crippen LogP contribution is 2.40. The van der Waals surface area contributed by atoms with E-state index in [4.69, 9.17) is 16.3 Å². The summed E-state index contributed by atoms with van der Waals surface area (Å²) in [6.45, 7) is 5.28. The maximum absolute atomic E-state index is 14.3. The van der Waals surface area contributed by atoms with Crippen LogP contribution in [0.25, 0.3) is 0 Å². The third-order valence-electron chi connectivity index (χ3n) is 6.16. The van der Waals surface area contributed by atoms with Crippen molar-refractivity contribution in [3.8, 4) is 0 Å². The van der Waals surface area contributed by atoms with E-state index < -0.39 is 17.1 Å². The van der Waals surface area contributed by atoms with Crippen molar-refractivity contribution >= 4 is 35.1 Å². The highest BCUT2D eigenvalue weighted by molar-refractivity contribution is 6.31. The van der Waals surface area contributed by atoms with Crippen LogP contribution >= 0.6 is 11.6 Å². The molecule has 3 rings (SSSR count). The number of rotatable bonds is 8. The quantitative estimate of drug-likeness (QED) is 0.552. The molecule has 0 aromatic heterocycles. The average Bonchev–Trinajstić information content (AvgIpc) is 2.79. The SMILES string of the molecule is CNC(=O)c1cc(Cl)c(F)cc1NC(=O)C1(c2ccccc2C(C)C)CN(CCC(=O)OC)C1. The first-order chi connectivity index (χ1) is 16.1. The van der Waals surface area contributed by atoms with Crippen LogP contribution in [0, 0.1) is 5.82 Å². The van der Waals surface area contributed by atoms with Gasteiger partial charge in [-0.1, -0.05) is 49.7 Å². The fourth-order valence-electron chi connectivity index (χ4n) is 4.31. The second-order valence-electron chi connectivity index (χ2n) is 8.71. The van der Waals surface area contributed by atoms with E-state index in [1.165, 1.54) is 20.2 Å². The number of benzene rings is 2. The molecule has 7 nitrogen and oxygen atoms in total. The van der Waals surface area contributed by atoms with E-state index in [1.807, 2.05) is 29.2 Å². The fourth-order valence-corrected chi connectivity index (χ4v) is 4.48. The minimum Gasteiger partial charge on any atom is -0.469 e. The predicted octanol–water partition coefficient (Wildman–Crippen LogP) is 3.72. The average molecular weight is 490 g/mol. The Labute approximate surface area is 203 Å². The van der Waals surface area contributed by atoms with Crippen LogP contribution in [0.2, 0.25) is 5.02 Å². The molecule has 0 unspecified atom stereocenters. The number of ether oxygens (including phenoxy) is 1. The zero-order valence-electron chi connectivity index (χ0n) is 19.7. The highest BCUT2D eigenvalue weighted by Gasteiger charge is 2.51. The van der Waals surface area contributed by atoms with Crippen molar-refractivity contribution in [3.05, 3.63) is 63.9 Å².